The van der Waals surface area contributed by atoms with Crippen LogP contribution in [0.4, 0.5) is 0 Å². The molecule has 0 aliphatic heterocycles. The molecule has 0 spiro atoms. The third-order valence-corrected chi connectivity index (χ3v) is 2.77. The van der Waals surface area contributed by atoms with Crippen molar-refractivity contribution in [2.24, 2.45) is 7.05 Å². The van der Waals surface area contributed by atoms with Crippen molar-refractivity contribution >= 4 is 11.7 Å². The molecular weight excluding hydrogens is 212 g/mol. The highest BCUT2D eigenvalue weighted by Crippen LogP contribution is 2.14. The Bertz CT molecular complexity index is 408. The van der Waals surface area contributed by atoms with Crippen molar-refractivity contribution < 1.29 is 0 Å². The molecule has 0 saturated heterocycles. The van der Waals surface area contributed by atoms with Crippen molar-refractivity contribution in [1.82, 2.24) is 28.8 Å². The van der Waals surface area contributed by atoms with Crippen molar-refractivity contribution in [3.8, 4) is 0 Å². The summed E-state index contributed by atoms with van der Waals surface area (Å²) in [5, 5.41) is 7.22. The molecule has 0 amide bonds. The molecule has 0 radical (unpaired) electrons. The van der Waals surface area contributed by atoms with E-state index in [0.717, 1.165) is 17.9 Å². The van der Waals surface area contributed by atoms with Gasteiger partial charge in [0.05, 0.1) is 29.7 Å². The first-order valence-electron chi connectivity index (χ1n) is 4.59. The van der Waals surface area contributed by atoms with Gasteiger partial charge in [-0.15, -0.1) is 0 Å². The number of nitrogens with zero attached hydrogens (tertiary/aromatic N) is 5. The summed E-state index contributed by atoms with van der Waals surface area (Å²) in [6.45, 7) is 0. The molecule has 6 nitrogen and oxygen atoms in total. The van der Waals surface area contributed by atoms with E-state index in [0.29, 0.717) is 0 Å². The summed E-state index contributed by atoms with van der Waals surface area (Å²) in [6.07, 6.45) is 4.10. The lowest BCUT2D eigenvalue weighted by Gasteiger charge is -2.11. The standard InChI is InChI=1S/C8H12N6S/c1-9-6(7-4-12-15-13-7)3-8-10-5-11-14(8)2/h4-6,9H,3H2,1-2H3. The van der Waals surface area contributed by atoms with Crippen LogP contribution < -0.4 is 5.32 Å². The number of aryl methyl sites for hydroxylation is 1. The summed E-state index contributed by atoms with van der Waals surface area (Å²) in [5.74, 6) is 0.933. The van der Waals surface area contributed by atoms with E-state index >= 15 is 0 Å². The molecule has 0 aliphatic rings. The van der Waals surface area contributed by atoms with Crippen LogP contribution in [0.1, 0.15) is 17.6 Å². The van der Waals surface area contributed by atoms with Gasteiger partial charge in [0, 0.05) is 13.5 Å². The molecule has 1 N–H and O–H groups in total. The molecule has 1 atom stereocenters. The van der Waals surface area contributed by atoms with E-state index < -0.39 is 0 Å². The second-order valence-electron chi connectivity index (χ2n) is 3.18. The Morgan fingerprint density at radius 1 is 1.60 bits per heavy atom. The van der Waals surface area contributed by atoms with E-state index in [1.54, 1.807) is 17.2 Å². The third kappa shape index (κ3) is 2.18. The Kier molecular flexibility index (Phi) is 3.02. The van der Waals surface area contributed by atoms with Gasteiger partial charge in [-0.2, -0.15) is 13.8 Å². The minimum absolute atomic E-state index is 0.145. The summed E-state index contributed by atoms with van der Waals surface area (Å²) in [6, 6.07) is 0.145. The van der Waals surface area contributed by atoms with E-state index in [-0.39, 0.29) is 6.04 Å². The van der Waals surface area contributed by atoms with Crippen LogP contribution >= 0.6 is 11.7 Å². The molecule has 80 valence electrons. The molecular formula is C8H12N6S. The molecule has 0 saturated carbocycles. The van der Waals surface area contributed by atoms with E-state index in [1.807, 2.05) is 14.1 Å². The minimum Gasteiger partial charge on any atom is -0.311 e. The Morgan fingerprint density at radius 3 is 3.00 bits per heavy atom. The third-order valence-electron chi connectivity index (χ3n) is 2.28. The fraction of sp³-hybridized carbons (Fsp3) is 0.500. The van der Waals surface area contributed by atoms with Crippen molar-refractivity contribution in [1.29, 1.82) is 0 Å². The SMILES string of the molecule is CNC(Cc1ncnn1C)c1cnsn1. The minimum atomic E-state index is 0.145. The van der Waals surface area contributed by atoms with Gasteiger partial charge < -0.3 is 5.32 Å². The van der Waals surface area contributed by atoms with Crippen molar-refractivity contribution in [2.75, 3.05) is 7.05 Å². The molecule has 0 bridgehead atoms. The van der Waals surface area contributed by atoms with Crippen LogP contribution in [-0.2, 0) is 13.5 Å². The van der Waals surface area contributed by atoms with Crippen LogP contribution in [0.5, 0.6) is 0 Å². The van der Waals surface area contributed by atoms with Crippen LogP contribution in [-0.4, -0.2) is 30.6 Å². The fourth-order valence-electron chi connectivity index (χ4n) is 1.37. The van der Waals surface area contributed by atoms with Gasteiger partial charge in [0.2, 0.25) is 0 Å². The number of nitrogens with one attached hydrogen (secondary N) is 1. The van der Waals surface area contributed by atoms with Gasteiger partial charge >= 0.3 is 0 Å². The first-order valence-corrected chi connectivity index (χ1v) is 5.32. The largest absolute Gasteiger partial charge is 0.311 e. The van der Waals surface area contributed by atoms with Crippen molar-refractivity contribution in [2.45, 2.75) is 12.5 Å². The fourth-order valence-corrected chi connectivity index (χ4v) is 1.84. The number of likely N-dealkylation sites (N-methyl/N-ethyl adjacent to an activating group) is 1. The second-order valence-corrected chi connectivity index (χ2v) is 3.73. The average molecular weight is 224 g/mol. The first kappa shape index (κ1) is 10.2. The molecule has 7 heteroatoms. The lowest BCUT2D eigenvalue weighted by molar-refractivity contribution is 0.544. The van der Waals surface area contributed by atoms with E-state index in [9.17, 15) is 0 Å². The summed E-state index contributed by atoms with van der Waals surface area (Å²) >= 11 is 1.22. The smallest absolute Gasteiger partial charge is 0.138 e. The molecule has 0 fully saturated rings. The lowest BCUT2D eigenvalue weighted by Crippen LogP contribution is -2.20. The Morgan fingerprint density at radius 2 is 2.47 bits per heavy atom. The van der Waals surface area contributed by atoms with Crippen LogP contribution in [0.2, 0.25) is 0 Å². The monoisotopic (exact) mass is 224 g/mol. The zero-order chi connectivity index (χ0) is 10.7. The van der Waals surface area contributed by atoms with Crippen LogP contribution in [0.3, 0.4) is 0 Å². The lowest BCUT2D eigenvalue weighted by atomic mass is 10.1. The van der Waals surface area contributed by atoms with Gasteiger partial charge in [-0.25, -0.2) is 4.98 Å². The van der Waals surface area contributed by atoms with Crippen LogP contribution in [0.15, 0.2) is 12.5 Å². The molecule has 2 aromatic heterocycles. The zero-order valence-electron chi connectivity index (χ0n) is 8.58. The number of rotatable bonds is 4. The maximum atomic E-state index is 4.21. The molecule has 0 aromatic carbocycles. The highest BCUT2D eigenvalue weighted by Gasteiger charge is 2.15. The molecule has 2 heterocycles. The Balaban J connectivity index is 2.13. The highest BCUT2D eigenvalue weighted by atomic mass is 32.1. The van der Waals surface area contributed by atoms with Crippen LogP contribution in [0, 0.1) is 0 Å². The van der Waals surface area contributed by atoms with Gasteiger partial charge in [-0.1, -0.05) is 0 Å². The van der Waals surface area contributed by atoms with Gasteiger partial charge in [-0.3, -0.25) is 4.68 Å². The predicted molar refractivity (Wildman–Crippen MR) is 56.4 cm³/mol. The van der Waals surface area contributed by atoms with Crippen molar-refractivity contribution in [3.05, 3.63) is 24.0 Å². The predicted octanol–water partition coefficient (Wildman–Crippen LogP) is 0.170. The summed E-state index contributed by atoms with van der Waals surface area (Å²) in [4.78, 5) is 4.18. The van der Waals surface area contributed by atoms with Gasteiger partial charge in [0.15, 0.2) is 0 Å². The number of hydrogen-bond donors (Lipinski definition) is 1. The molecule has 1 unspecified atom stereocenters. The molecule has 15 heavy (non-hydrogen) atoms. The average Bonchev–Trinajstić information content (AvgIpc) is 2.86. The first-order chi connectivity index (χ1) is 7.31. The van der Waals surface area contributed by atoms with E-state index in [2.05, 4.69) is 24.1 Å². The Hall–Kier alpha value is -1.34. The quantitative estimate of drug-likeness (QED) is 0.801. The zero-order valence-corrected chi connectivity index (χ0v) is 9.40. The molecule has 2 aromatic rings. The summed E-state index contributed by atoms with van der Waals surface area (Å²) < 4.78 is 9.97. The Labute approximate surface area is 91.7 Å². The number of aromatic nitrogens is 5. The summed E-state index contributed by atoms with van der Waals surface area (Å²) in [5.41, 5.74) is 0.950. The molecule has 2 rings (SSSR count). The second kappa shape index (κ2) is 4.45. The van der Waals surface area contributed by atoms with Gasteiger partial charge in [0.25, 0.3) is 0 Å². The maximum Gasteiger partial charge on any atom is 0.138 e. The number of hydrogen-bond acceptors (Lipinski definition) is 6. The van der Waals surface area contributed by atoms with E-state index in [4.69, 9.17) is 0 Å². The van der Waals surface area contributed by atoms with Crippen molar-refractivity contribution in [3.63, 3.8) is 0 Å². The maximum absolute atomic E-state index is 4.21. The van der Waals surface area contributed by atoms with Gasteiger partial charge in [-0.05, 0) is 7.05 Å². The summed E-state index contributed by atoms with van der Waals surface area (Å²) in [7, 11) is 3.79. The topological polar surface area (TPSA) is 68.5 Å². The van der Waals surface area contributed by atoms with Gasteiger partial charge in [0.1, 0.15) is 12.2 Å². The van der Waals surface area contributed by atoms with E-state index in [1.165, 1.54) is 11.7 Å². The highest BCUT2D eigenvalue weighted by molar-refractivity contribution is 6.99. The van der Waals surface area contributed by atoms with Crippen LogP contribution in [0.25, 0.3) is 0 Å². The molecule has 0 aliphatic carbocycles. The normalized spacial score (nSPS) is 12.9.